The second-order valence-corrected chi connectivity index (χ2v) is 7.43. The summed E-state index contributed by atoms with van der Waals surface area (Å²) < 4.78 is 1.98. The van der Waals surface area contributed by atoms with E-state index in [-0.39, 0.29) is 30.0 Å². The molecule has 0 saturated carbocycles. The molecule has 3 rings (SSSR count). The van der Waals surface area contributed by atoms with Crippen molar-refractivity contribution >= 4 is 5.91 Å². The Hall–Kier alpha value is -2.18. The Labute approximate surface area is 155 Å². The van der Waals surface area contributed by atoms with Crippen molar-refractivity contribution in [3.63, 3.8) is 0 Å². The molecule has 2 aromatic rings. The number of hydrogen-bond acceptors (Lipinski definition) is 4. The minimum atomic E-state index is -0.251. The normalized spacial score (nSPS) is 21.1. The van der Waals surface area contributed by atoms with Crippen LogP contribution in [0, 0.1) is 0 Å². The number of aromatic nitrogens is 2. The first-order valence-electron chi connectivity index (χ1n) is 9.31. The molecule has 1 aliphatic heterocycles. The summed E-state index contributed by atoms with van der Waals surface area (Å²) >= 11 is 0. The van der Waals surface area contributed by atoms with Crippen LogP contribution in [-0.2, 0) is 4.79 Å². The minimum Gasteiger partial charge on any atom is -0.342 e. The molecule has 3 atom stereocenters. The van der Waals surface area contributed by atoms with Gasteiger partial charge in [-0.2, -0.15) is 0 Å². The molecule has 6 heteroatoms. The summed E-state index contributed by atoms with van der Waals surface area (Å²) in [6.45, 7) is 6.81. The Balaban J connectivity index is 1.58. The van der Waals surface area contributed by atoms with Gasteiger partial charge in [0.15, 0.2) is 0 Å². The fourth-order valence-corrected chi connectivity index (χ4v) is 3.60. The first-order valence-corrected chi connectivity index (χ1v) is 9.31. The summed E-state index contributed by atoms with van der Waals surface area (Å²) in [5.74, 6) is 1.34. The second kappa shape index (κ2) is 8.01. The van der Waals surface area contributed by atoms with Crippen molar-refractivity contribution in [1.82, 2.24) is 25.3 Å². The van der Waals surface area contributed by atoms with Crippen molar-refractivity contribution in [3.8, 4) is 0 Å². The SMILES string of the molecule is CC(C)c1nccn1C(C)C(=O)N(C)CC1CC(c2ccccc2)NN1. The van der Waals surface area contributed by atoms with Crippen LogP contribution in [0.1, 0.15) is 56.6 Å². The predicted octanol–water partition coefficient (Wildman–Crippen LogP) is 2.63. The molecule has 1 aliphatic rings. The maximum Gasteiger partial charge on any atom is 0.245 e. The lowest BCUT2D eigenvalue weighted by atomic mass is 10.0. The average Bonchev–Trinajstić information content (AvgIpc) is 3.30. The van der Waals surface area contributed by atoms with Gasteiger partial charge < -0.3 is 9.47 Å². The average molecular weight is 355 g/mol. The summed E-state index contributed by atoms with van der Waals surface area (Å²) in [4.78, 5) is 19.1. The fourth-order valence-electron chi connectivity index (χ4n) is 3.60. The topological polar surface area (TPSA) is 62.2 Å². The van der Waals surface area contributed by atoms with E-state index < -0.39 is 0 Å². The highest BCUT2D eigenvalue weighted by Gasteiger charge is 2.29. The number of amides is 1. The number of nitrogens with one attached hydrogen (secondary N) is 2. The van der Waals surface area contributed by atoms with E-state index in [9.17, 15) is 4.79 Å². The van der Waals surface area contributed by atoms with Crippen LogP contribution in [0.3, 0.4) is 0 Å². The summed E-state index contributed by atoms with van der Waals surface area (Å²) in [5, 5.41) is 0. The maximum atomic E-state index is 12.9. The molecule has 6 nitrogen and oxygen atoms in total. The van der Waals surface area contributed by atoms with Gasteiger partial charge in [0.2, 0.25) is 5.91 Å². The van der Waals surface area contributed by atoms with Gasteiger partial charge in [0, 0.05) is 44.0 Å². The van der Waals surface area contributed by atoms with Crippen molar-refractivity contribution in [3.05, 3.63) is 54.1 Å². The van der Waals surface area contributed by atoms with E-state index in [1.807, 2.05) is 35.7 Å². The van der Waals surface area contributed by atoms with Crippen LogP contribution in [0.5, 0.6) is 0 Å². The van der Waals surface area contributed by atoms with Crippen LogP contribution in [-0.4, -0.2) is 40.0 Å². The summed E-state index contributed by atoms with van der Waals surface area (Å²) in [5.41, 5.74) is 7.94. The molecule has 2 N–H and O–H groups in total. The van der Waals surface area contributed by atoms with Gasteiger partial charge in [-0.3, -0.25) is 10.2 Å². The third kappa shape index (κ3) is 3.97. The first kappa shape index (κ1) is 18.6. The Morgan fingerprint density at radius 1 is 1.27 bits per heavy atom. The van der Waals surface area contributed by atoms with Crippen molar-refractivity contribution in [2.75, 3.05) is 13.6 Å². The highest BCUT2D eigenvalue weighted by molar-refractivity contribution is 5.80. The third-order valence-corrected chi connectivity index (χ3v) is 5.04. The number of carbonyl (C=O) groups is 1. The smallest absolute Gasteiger partial charge is 0.245 e. The largest absolute Gasteiger partial charge is 0.342 e. The lowest BCUT2D eigenvalue weighted by Crippen LogP contribution is -2.43. The Morgan fingerprint density at radius 2 is 2.00 bits per heavy atom. The van der Waals surface area contributed by atoms with E-state index in [1.54, 1.807) is 6.20 Å². The lowest BCUT2D eigenvalue weighted by molar-refractivity contribution is -0.133. The van der Waals surface area contributed by atoms with Crippen molar-refractivity contribution in [2.24, 2.45) is 0 Å². The van der Waals surface area contributed by atoms with Crippen LogP contribution in [0.4, 0.5) is 0 Å². The zero-order valence-electron chi connectivity index (χ0n) is 16.0. The van der Waals surface area contributed by atoms with E-state index >= 15 is 0 Å². The van der Waals surface area contributed by atoms with Gasteiger partial charge >= 0.3 is 0 Å². The number of carbonyl (C=O) groups excluding carboxylic acids is 1. The number of likely N-dealkylation sites (N-methyl/N-ethyl adjacent to an activating group) is 1. The van der Waals surface area contributed by atoms with E-state index in [2.05, 4.69) is 53.9 Å². The standard InChI is InChI=1S/C20H29N5O/c1-14(2)19-21-10-11-25(19)15(3)20(26)24(4)13-17-12-18(23-22-17)16-8-6-5-7-9-16/h5-11,14-15,17-18,22-23H,12-13H2,1-4H3. The molecule has 1 aromatic heterocycles. The van der Waals surface area contributed by atoms with Crippen LogP contribution in [0.25, 0.3) is 0 Å². The predicted molar refractivity (Wildman–Crippen MR) is 103 cm³/mol. The van der Waals surface area contributed by atoms with Gasteiger partial charge in [0.1, 0.15) is 11.9 Å². The Bertz CT molecular complexity index is 727. The minimum absolute atomic E-state index is 0.106. The second-order valence-electron chi connectivity index (χ2n) is 7.43. The van der Waals surface area contributed by atoms with Gasteiger partial charge in [0.25, 0.3) is 0 Å². The summed E-state index contributed by atoms with van der Waals surface area (Å²) in [7, 11) is 1.88. The molecular weight excluding hydrogens is 326 g/mol. The summed E-state index contributed by atoms with van der Waals surface area (Å²) in [6.07, 6.45) is 4.62. The zero-order chi connectivity index (χ0) is 18.7. The molecule has 1 fully saturated rings. The van der Waals surface area contributed by atoms with Gasteiger partial charge in [0.05, 0.1) is 0 Å². The third-order valence-electron chi connectivity index (χ3n) is 5.04. The quantitative estimate of drug-likeness (QED) is 0.836. The molecule has 3 unspecified atom stereocenters. The molecule has 1 aromatic carbocycles. The molecule has 0 spiro atoms. The Kier molecular flexibility index (Phi) is 5.74. The van der Waals surface area contributed by atoms with Crippen molar-refractivity contribution in [2.45, 2.75) is 51.2 Å². The lowest BCUT2D eigenvalue weighted by Gasteiger charge is -2.26. The fraction of sp³-hybridized carbons (Fsp3) is 0.500. The number of hydrazine groups is 1. The van der Waals surface area contributed by atoms with Gasteiger partial charge in [-0.25, -0.2) is 10.4 Å². The van der Waals surface area contributed by atoms with Crippen LogP contribution in [0.2, 0.25) is 0 Å². The summed E-state index contributed by atoms with van der Waals surface area (Å²) in [6, 6.07) is 10.7. The van der Waals surface area contributed by atoms with Gasteiger partial charge in [-0.15, -0.1) is 0 Å². The number of hydrogen-bond donors (Lipinski definition) is 2. The van der Waals surface area contributed by atoms with E-state index in [0.29, 0.717) is 6.54 Å². The zero-order valence-corrected chi connectivity index (χ0v) is 16.0. The first-order chi connectivity index (χ1) is 12.5. The molecule has 1 amide bonds. The molecule has 26 heavy (non-hydrogen) atoms. The number of rotatable bonds is 6. The molecule has 0 radical (unpaired) electrons. The Morgan fingerprint density at radius 3 is 2.69 bits per heavy atom. The number of nitrogens with zero attached hydrogens (tertiary/aromatic N) is 3. The highest BCUT2D eigenvalue weighted by atomic mass is 16.2. The molecule has 0 bridgehead atoms. The van der Waals surface area contributed by atoms with Gasteiger partial charge in [-0.05, 0) is 18.9 Å². The maximum absolute atomic E-state index is 12.9. The number of imidazole rings is 1. The van der Waals surface area contributed by atoms with Gasteiger partial charge in [-0.1, -0.05) is 44.2 Å². The molecule has 0 aliphatic carbocycles. The van der Waals surface area contributed by atoms with Crippen LogP contribution in [0.15, 0.2) is 42.7 Å². The van der Waals surface area contributed by atoms with Crippen molar-refractivity contribution in [1.29, 1.82) is 0 Å². The molecule has 2 heterocycles. The molecule has 140 valence electrons. The van der Waals surface area contributed by atoms with E-state index in [0.717, 1.165) is 12.2 Å². The monoisotopic (exact) mass is 355 g/mol. The molecule has 1 saturated heterocycles. The van der Waals surface area contributed by atoms with E-state index in [4.69, 9.17) is 0 Å². The molecular formula is C20H29N5O. The van der Waals surface area contributed by atoms with Crippen LogP contribution >= 0.6 is 0 Å². The van der Waals surface area contributed by atoms with Crippen LogP contribution < -0.4 is 10.9 Å². The van der Waals surface area contributed by atoms with E-state index in [1.165, 1.54) is 5.56 Å². The highest BCUT2D eigenvalue weighted by Crippen LogP contribution is 2.23. The number of benzene rings is 1. The van der Waals surface area contributed by atoms with Crippen molar-refractivity contribution < 1.29 is 4.79 Å².